The predicted molar refractivity (Wildman–Crippen MR) is 87.0 cm³/mol. The van der Waals surface area contributed by atoms with Crippen LogP contribution in [0.2, 0.25) is 0 Å². The third kappa shape index (κ3) is 4.52. The normalized spacial score (nSPS) is 26.0. The first kappa shape index (κ1) is 16.5. The van der Waals surface area contributed by atoms with E-state index in [-0.39, 0.29) is 7.92 Å². The summed E-state index contributed by atoms with van der Waals surface area (Å²) in [7, 11) is 0.149. The number of hydrogen-bond donors (Lipinski definition) is 0. The molecule has 108 valence electrons. The molecule has 0 aromatic heterocycles. The van der Waals surface area contributed by atoms with Crippen LogP contribution in [0.3, 0.4) is 0 Å². The van der Waals surface area contributed by atoms with E-state index in [1.165, 1.54) is 31.8 Å². The molecule has 18 heavy (non-hydrogen) atoms. The molecule has 1 heterocycles. The summed E-state index contributed by atoms with van der Waals surface area (Å²) in [6.45, 7) is 19.8. The largest absolute Gasteiger partial charge is 0.0948 e. The Balaban J connectivity index is 2.72. The summed E-state index contributed by atoms with van der Waals surface area (Å²) < 4.78 is 0. The van der Waals surface area contributed by atoms with Gasteiger partial charge in [-0.2, -0.15) is 0 Å². The molecular weight excluding hydrogens is 235 g/mol. The van der Waals surface area contributed by atoms with Crippen LogP contribution in [0.1, 0.15) is 81.1 Å². The van der Waals surface area contributed by atoms with Gasteiger partial charge in [-0.3, -0.25) is 0 Å². The van der Waals surface area contributed by atoms with Gasteiger partial charge in [0.15, 0.2) is 0 Å². The second-order valence-corrected chi connectivity index (χ2v) is 12.6. The van der Waals surface area contributed by atoms with Crippen molar-refractivity contribution in [2.45, 2.75) is 91.4 Å². The van der Waals surface area contributed by atoms with Crippen LogP contribution in [0.15, 0.2) is 0 Å². The minimum atomic E-state index is 0.149. The fourth-order valence-corrected chi connectivity index (χ4v) is 8.19. The summed E-state index contributed by atoms with van der Waals surface area (Å²) in [6, 6.07) is 0. The summed E-state index contributed by atoms with van der Waals surface area (Å²) in [6.07, 6.45) is 7.19. The highest BCUT2D eigenvalue weighted by Crippen LogP contribution is 2.66. The van der Waals surface area contributed by atoms with Crippen LogP contribution in [-0.4, -0.2) is 16.5 Å². The summed E-state index contributed by atoms with van der Waals surface area (Å²) in [5.74, 6) is 0.882. The molecule has 1 heteroatoms. The lowest BCUT2D eigenvalue weighted by Gasteiger charge is -2.51. The van der Waals surface area contributed by atoms with Crippen LogP contribution in [0.5, 0.6) is 0 Å². The fraction of sp³-hybridized carbons (Fsp3) is 1.00. The maximum absolute atomic E-state index is 2.53. The Hall–Kier alpha value is 0.430. The van der Waals surface area contributed by atoms with Crippen molar-refractivity contribution < 1.29 is 0 Å². The van der Waals surface area contributed by atoms with Crippen molar-refractivity contribution in [3.63, 3.8) is 0 Å². The molecule has 0 aliphatic carbocycles. The van der Waals surface area contributed by atoms with Gasteiger partial charge >= 0.3 is 0 Å². The fourth-order valence-electron chi connectivity index (χ4n) is 3.96. The van der Waals surface area contributed by atoms with Gasteiger partial charge in [-0.05, 0) is 47.1 Å². The first-order valence-electron chi connectivity index (χ1n) is 7.72. The molecular formula is C17H35P. The van der Waals surface area contributed by atoms with Crippen molar-refractivity contribution in [2.75, 3.05) is 6.16 Å². The van der Waals surface area contributed by atoms with Gasteiger partial charge in [0.1, 0.15) is 0 Å². The minimum Gasteiger partial charge on any atom is -0.0948 e. The summed E-state index contributed by atoms with van der Waals surface area (Å²) in [5.41, 5.74) is 0.485. The van der Waals surface area contributed by atoms with E-state index in [0.717, 1.165) is 5.92 Å². The van der Waals surface area contributed by atoms with Crippen LogP contribution in [0.4, 0.5) is 0 Å². The molecule has 0 nitrogen and oxygen atoms in total. The molecule has 1 atom stereocenters. The van der Waals surface area contributed by atoms with Gasteiger partial charge in [0, 0.05) is 0 Å². The van der Waals surface area contributed by atoms with E-state index in [0.29, 0.717) is 15.7 Å². The molecule has 0 radical (unpaired) electrons. The van der Waals surface area contributed by atoms with Gasteiger partial charge in [0.25, 0.3) is 0 Å². The lowest BCUT2D eigenvalue weighted by molar-refractivity contribution is 0.320. The third-order valence-electron chi connectivity index (χ3n) is 4.49. The van der Waals surface area contributed by atoms with E-state index in [2.05, 4.69) is 55.4 Å². The first-order valence-corrected chi connectivity index (χ1v) is 9.24. The van der Waals surface area contributed by atoms with Gasteiger partial charge in [-0.1, -0.05) is 69.7 Å². The molecule has 0 bridgehead atoms. The van der Waals surface area contributed by atoms with Crippen LogP contribution in [-0.2, 0) is 0 Å². The molecule has 1 unspecified atom stereocenters. The standard InChI is InChI=1S/C17H35P/c1-14(12-15(2,3)4)13-18-16(5,6)10-9-11-17(18,7)8/h14H,9-13H2,1-8H3. The Morgan fingerprint density at radius 2 is 1.44 bits per heavy atom. The van der Waals surface area contributed by atoms with Crippen LogP contribution >= 0.6 is 7.92 Å². The van der Waals surface area contributed by atoms with Crippen LogP contribution in [0.25, 0.3) is 0 Å². The lowest BCUT2D eigenvalue weighted by Crippen LogP contribution is -2.37. The molecule has 0 amide bonds. The smallest absolute Gasteiger partial charge is 0.0146 e. The zero-order valence-corrected chi connectivity index (χ0v) is 15.0. The summed E-state index contributed by atoms with van der Waals surface area (Å²) in [5, 5.41) is 1.20. The van der Waals surface area contributed by atoms with Gasteiger partial charge in [-0.25, -0.2) is 0 Å². The van der Waals surface area contributed by atoms with Crippen LogP contribution in [0, 0.1) is 11.3 Å². The average Bonchev–Trinajstić information content (AvgIpc) is 2.08. The Labute approximate surface area is 117 Å². The van der Waals surface area contributed by atoms with E-state index in [9.17, 15) is 0 Å². The van der Waals surface area contributed by atoms with Crippen molar-refractivity contribution in [1.82, 2.24) is 0 Å². The molecule has 1 aliphatic heterocycles. The minimum absolute atomic E-state index is 0.149. The van der Waals surface area contributed by atoms with E-state index < -0.39 is 0 Å². The maximum Gasteiger partial charge on any atom is -0.0146 e. The Morgan fingerprint density at radius 1 is 1.00 bits per heavy atom. The third-order valence-corrected chi connectivity index (χ3v) is 8.85. The molecule has 0 spiro atoms. The monoisotopic (exact) mass is 270 g/mol. The molecule has 0 aromatic carbocycles. The Kier molecular flexibility index (Phi) is 4.97. The van der Waals surface area contributed by atoms with Gasteiger partial charge in [0.2, 0.25) is 0 Å². The molecule has 1 aliphatic rings. The highest BCUT2D eigenvalue weighted by molar-refractivity contribution is 7.61. The lowest BCUT2D eigenvalue weighted by atomic mass is 9.86. The predicted octanol–water partition coefficient (Wildman–Crippen LogP) is 6.28. The first-order chi connectivity index (χ1) is 7.94. The summed E-state index contributed by atoms with van der Waals surface area (Å²) in [4.78, 5) is 0. The zero-order chi connectivity index (χ0) is 14.2. The van der Waals surface area contributed by atoms with Gasteiger partial charge in [-0.15, -0.1) is 0 Å². The Bertz CT molecular complexity index is 254. The van der Waals surface area contributed by atoms with Crippen LogP contribution < -0.4 is 0 Å². The summed E-state index contributed by atoms with van der Waals surface area (Å²) >= 11 is 0. The molecule has 1 fully saturated rings. The average molecular weight is 270 g/mol. The highest BCUT2D eigenvalue weighted by Gasteiger charge is 2.43. The second kappa shape index (κ2) is 5.43. The van der Waals surface area contributed by atoms with Crippen molar-refractivity contribution in [2.24, 2.45) is 11.3 Å². The van der Waals surface area contributed by atoms with E-state index >= 15 is 0 Å². The van der Waals surface area contributed by atoms with E-state index in [1.54, 1.807) is 0 Å². The quantitative estimate of drug-likeness (QED) is 0.529. The second-order valence-electron chi connectivity index (χ2n) is 8.96. The van der Waals surface area contributed by atoms with Crippen molar-refractivity contribution in [1.29, 1.82) is 0 Å². The van der Waals surface area contributed by atoms with Crippen molar-refractivity contribution >= 4 is 7.92 Å². The topological polar surface area (TPSA) is 0 Å². The SMILES string of the molecule is CC(CP1C(C)(C)CCCC1(C)C)CC(C)(C)C. The van der Waals surface area contributed by atoms with E-state index in [1.807, 2.05) is 0 Å². The molecule has 1 rings (SSSR count). The van der Waals surface area contributed by atoms with Gasteiger partial charge < -0.3 is 0 Å². The van der Waals surface area contributed by atoms with Gasteiger partial charge in [0.05, 0.1) is 0 Å². The highest BCUT2D eigenvalue weighted by atomic mass is 31.1. The van der Waals surface area contributed by atoms with E-state index in [4.69, 9.17) is 0 Å². The van der Waals surface area contributed by atoms with Crippen molar-refractivity contribution in [3.05, 3.63) is 0 Å². The Morgan fingerprint density at radius 3 is 1.83 bits per heavy atom. The molecule has 1 saturated heterocycles. The van der Waals surface area contributed by atoms with Crippen molar-refractivity contribution in [3.8, 4) is 0 Å². The number of rotatable bonds is 3. The zero-order valence-electron chi connectivity index (χ0n) is 14.1. The number of hydrogen-bond acceptors (Lipinski definition) is 0. The maximum atomic E-state index is 2.53. The molecule has 0 saturated carbocycles. The molecule has 0 N–H and O–H groups in total. The molecule has 0 aromatic rings.